The van der Waals surface area contributed by atoms with E-state index in [-0.39, 0.29) is 12.1 Å². The molecule has 0 aliphatic carbocycles. The average molecular weight is 272 g/mol. The van der Waals surface area contributed by atoms with Gasteiger partial charge in [-0.2, -0.15) is 0 Å². The molecule has 2 aromatic rings. The Kier molecular flexibility index (Phi) is 3.80. The smallest absolute Gasteiger partial charge is 0.104 e. The molecule has 0 spiro atoms. The number of aryl methyl sites for hydroxylation is 1. The van der Waals surface area contributed by atoms with E-state index >= 15 is 0 Å². The number of benzene rings is 1. The summed E-state index contributed by atoms with van der Waals surface area (Å²) in [5.41, 5.74) is 9.89. The molecule has 0 saturated carbocycles. The van der Waals surface area contributed by atoms with Crippen LogP contribution in [0.3, 0.4) is 0 Å². The van der Waals surface area contributed by atoms with Crippen LogP contribution >= 0.6 is 0 Å². The number of fused-ring (bicyclic) bond motifs is 1. The van der Waals surface area contributed by atoms with E-state index in [0.29, 0.717) is 6.61 Å². The maximum absolute atomic E-state index is 6.43. The molecule has 106 valence electrons. The number of nitrogens with zero attached hydrogens (tertiary/aromatic N) is 3. The highest BCUT2D eigenvalue weighted by atomic mass is 16.5. The minimum atomic E-state index is -0.238. The Bertz CT molecular complexity index is 581. The second-order valence-corrected chi connectivity index (χ2v) is 5.15. The van der Waals surface area contributed by atoms with Gasteiger partial charge >= 0.3 is 0 Å². The summed E-state index contributed by atoms with van der Waals surface area (Å²) in [5, 5.41) is 8.10. The number of hydrogen-bond donors (Lipinski definition) is 1. The maximum atomic E-state index is 6.43. The van der Waals surface area contributed by atoms with Gasteiger partial charge in [0.1, 0.15) is 6.10 Å². The van der Waals surface area contributed by atoms with Crippen LogP contribution < -0.4 is 5.73 Å². The van der Waals surface area contributed by atoms with E-state index in [0.717, 1.165) is 25.1 Å². The number of hydrogen-bond acceptors (Lipinski definition) is 4. The third kappa shape index (κ3) is 2.34. The first-order chi connectivity index (χ1) is 9.81. The highest BCUT2D eigenvalue weighted by Crippen LogP contribution is 2.35. The minimum Gasteiger partial charge on any atom is -0.371 e. The number of ether oxygens (including phenoxy) is 1. The van der Waals surface area contributed by atoms with Crippen LogP contribution in [-0.2, 0) is 17.7 Å². The normalized spacial score (nSPS) is 19.6. The first-order valence-electron chi connectivity index (χ1n) is 7.14. The Hall–Kier alpha value is -1.72. The van der Waals surface area contributed by atoms with Crippen molar-refractivity contribution >= 4 is 0 Å². The summed E-state index contributed by atoms with van der Waals surface area (Å²) < 4.78 is 7.81. The lowest BCUT2D eigenvalue weighted by molar-refractivity contribution is 0.0222. The Labute approximate surface area is 118 Å². The Morgan fingerprint density at radius 2 is 2.30 bits per heavy atom. The van der Waals surface area contributed by atoms with Crippen molar-refractivity contribution in [3.63, 3.8) is 0 Å². The molecule has 2 heterocycles. The minimum absolute atomic E-state index is 0.117. The highest BCUT2D eigenvalue weighted by Gasteiger charge is 2.29. The Morgan fingerprint density at radius 1 is 1.45 bits per heavy atom. The molecule has 2 N–H and O–H groups in total. The number of aromatic nitrogens is 3. The topological polar surface area (TPSA) is 66.0 Å². The van der Waals surface area contributed by atoms with Gasteiger partial charge in [0.25, 0.3) is 0 Å². The van der Waals surface area contributed by atoms with E-state index < -0.39 is 0 Å². The van der Waals surface area contributed by atoms with Crippen molar-refractivity contribution in [1.29, 1.82) is 0 Å². The summed E-state index contributed by atoms with van der Waals surface area (Å²) in [6.45, 7) is 3.66. The Morgan fingerprint density at radius 3 is 3.15 bits per heavy atom. The van der Waals surface area contributed by atoms with Gasteiger partial charge in [-0.25, -0.2) is 4.68 Å². The molecule has 5 nitrogen and oxygen atoms in total. The standard InChI is InChI=1S/C15H20N4O/c1-2-8-19-13(10-17-18-19)14(16)15-12-6-4-3-5-11(12)7-9-20-15/h3-6,10,14-15H,2,7-9,16H2,1H3. The van der Waals surface area contributed by atoms with Crippen molar-refractivity contribution in [2.24, 2.45) is 5.73 Å². The van der Waals surface area contributed by atoms with Gasteiger partial charge in [-0.15, -0.1) is 5.10 Å². The predicted molar refractivity (Wildman–Crippen MR) is 76.1 cm³/mol. The van der Waals surface area contributed by atoms with Gasteiger partial charge in [-0.1, -0.05) is 36.4 Å². The van der Waals surface area contributed by atoms with Gasteiger partial charge in [-0.05, 0) is 24.0 Å². The maximum Gasteiger partial charge on any atom is 0.104 e. The lowest BCUT2D eigenvalue weighted by atomic mass is 9.92. The summed E-state index contributed by atoms with van der Waals surface area (Å²) in [6, 6.07) is 8.12. The van der Waals surface area contributed by atoms with Crippen molar-refractivity contribution in [2.75, 3.05) is 6.61 Å². The van der Waals surface area contributed by atoms with Crippen LogP contribution in [-0.4, -0.2) is 21.6 Å². The zero-order valence-corrected chi connectivity index (χ0v) is 11.7. The zero-order valence-electron chi connectivity index (χ0n) is 11.7. The van der Waals surface area contributed by atoms with Gasteiger partial charge in [0.05, 0.1) is 24.5 Å². The largest absolute Gasteiger partial charge is 0.371 e. The summed E-state index contributed by atoms with van der Waals surface area (Å²) in [5.74, 6) is 0. The molecular weight excluding hydrogens is 252 g/mol. The van der Waals surface area contributed by atoms with Gasteiger partial charge in [0.2, 0.25) is 0 Å². The predicted octanol–water partition coefficient (Wildman–Crippen LogP) is 2.00. The molecule has 1 aromatic heterocycles. The Balaban J connectivity index is 1.91. The van der Waals surface area contributed by atoms with Gasteiger partial charge in [0.15, 0.2) is 0 Å². The summed E-state index contributed by atoms with van der Waals surface area (Å²) in [6.07, 6.45) is 3.59. The summed E-state index contributed by atoms with van der Waals surface area (Å²) in [7, 11) is 0. The molecule has 1 aliphatic heterocycles. The molecule has 1 aromatic carbocycles. The molecule has 20 heavy (non-hydrogen) atoms. The summed E-state index contributed by atoms with van der Waals surface area (Å²) in [4.78, 5) is 0. The van der Waals surface area contributed by atoms with Crippen LogP contribution in [0.25, 0.3) is 0 Å². The fourth-order valence-corrected chi connectivity index (χ4v) is 2.79. The van der Waals surface area contributed by atoms with Gasteiger partial charge in [0, 0.05) is 6.54 Å². The quantitative estimate of drug-likeness (QED) is 0.924. The lowest BCUT2D eigenvalue weighted by Gasteiger charge is -2.30. The molecule has 0 amide bonds. The summed E-state index contributed by atoms with van der Waals surface area (Å²) >= 11 is 0. The lowest BCUT2D eigenvalue weighted by Crippen LogP contribution is -2.29. The van der Waals surface area contributed by atoms with Crippen LogP contribution in [0.5, 0.6) is 0 Å². The van der Waals surface area contributed by atoms with E-state index in [2.05, 4.69) is 35.4 Å². The molecule has 0 bridgehead atoms. The molecule has 2 unspecified atom stereocenters. The molecule has 0 radical (unpaired) electrons. The van der Waals surface area contributed by atoms with Crippen LogP contribution in [0, 0.1) is 0 Å². The fourth-order valence-electron chi connectivity index (χ4n) is 2.79. The SMILES string of the molecule is CCCn1nncc1C(N)C1OCCc2ccccc21. The average Bonchev–Trinajstić information content (AvgIpc) is 2.94. The van der Waals surface area contributed by atoms with Crippen molar-refractivity contribution in [3.05, 3.63) is 47.3 Å². The van der Waals surface area contributed by atoms with E-state index in [9.17, 15) is 0 Å². The number of rotatable bonds is 4. The second-order valence-electron chi connectivity index (χ2n) is 5.15. The molecule has 1 aliphatic rings. The third-order valence-corrected chi connectivity index (χ3v) is 3.78. The molecule has 3 rings (SSSR count). The highest BCUT2D eigenvalue weighted by molar-refractivity contribution is 5.32. The first-order valence-corrected chi connectivity index (χ1v) is 7.14. The van der Waals surface area contributed by atoms with Crippen molar-refractivity contribution in [2.45, 2.75) is 38.5 Å². The molecule has 2 atom stereocenters. The fraction of sp³-hybridized carbons (Fsp3) is 0.467. The second kappa shape index (κ2) is 5.73. The van der Waals surface area contributed by atoms with Crippen LogP contribution in [0.2, 0.25) is 0 Å². The zero-order chi connectivity index (χ0) is 13.9. The molecular formula is C15H20N4O. The first kappa shape index (κ1) is 13.3. The van der Waals surface area contributed by atoms with Gasteiger partial charge < -0.3 is 10.5 Å². The van der Waals surface area contributed by atoms with Crippen LogP contribution in [0.1, 0.15) is 42.3 Å². The van der Waals surface area contributed by atoms with Crippen LogP contribution in [0.15, 0.2) is 30.5 Å². The van der Waals surface area contributed by atoms with E-state index in [1.807, 2.05) is 10.7 Å². The van der Waals surface area contributed by atoms with Gasteiger partial charge in [-0.3, -0.25) is 0 Å². The molecule has 0 saturated heterocycles. The van der Waals surface area contributed by atoms with Crippen LogP contribution in [0.4, 0.5) is 0 Å². The third-order valence-electron chi connectivity index (χ3n) is 3.78. The van der Waals surface area contributed by atoms with E-state index in [4.69, 9.17) is 10.5 Å². The van der Waals surface area contributed by atoms with E-state index in [1.165, 1.54) is 11.1 Å². The van der Waals surface area contributed by atoms with Crippen molar-refractivity contribution in [1.82, 2.24) is 15.0 Å². The van der Waals surface area contributed by atoms with Crippen molar-refractivity contribution in [3.8, 4) is 0 Å². The number of nitrogens with two attached hydrogens (primary N) is 1. The molecule has 0 fully saturated rings. The molecule has 5 heteroatoms. The van der Waals surface area contributed by atoms with Crippen molar-refractivity contribution < 1.29 is 4.74 Å². The van der Waals surface area contributed by atoms with E-state index in [1.54, 1.807) is 6.20 Å². The monoisotopic (exact) mass is 272 g/mol.